The zero-order valence-corrected chi connectivity index (χ0v) is 17.4. The van der Waals surface area contributed by atoms with Gasteiger partial charge in [-0.15, -0.1) is 11.3 Å². The Bertz CT molecular complexity index is 735. The Balaban J connectivity index is 1.46. The molecule has 0 radical (unpaired) electrons. The smallest absolute Gasteiger partial charge is 0.270 e. The first kappa shape index (κ1) is 20.0. The second kappa shape index (κ2) is 9.44. The topological polar surface area (TPSA) is 48.5 Å². The summed E-state index contributed by atoms with van der Waals surface area (Å²) in [7, 11) is 0. The second-order valence-electron chi connectivity index (χ2n) is 7.45. The van der Waals surface area contributed by atoms with Crippen molar-refractivity contribution in [2.24, 2.45) is 5.92 Å². The molecule has 1 saturated heterocycles. The van der Waals surface area contributed by atoms with Crippen LogP contribution < -0.4 is 5.32 Å². The van der Waals surface area contributed by atoms with Crippen LogP contribution in [0.1, 0.15) is 29.9 Å². The highest BCUT2D eigenvalue weighted by molar-refractivity contribution is 7.13. The van der Waals surface area contributed by atoms with Crippen LogP contribution in [0, 0.1) is 12.8 Å². The summed E-state index contributed by atoms with van der Waals surface area (Å²) in [6.07, 6.45) is 0. The Morgan fingerprint density at radius 1 is 1.19 bits per heavy atom. The summed E-state index contributed by atoms with van der Waals surface area (Å²) in [6, 6.07) is 8.24. The molecule has 1 unspecified atom stereocenters. The third-order valence-corrected chi connectivity index (χ3v) is 6.02. The van der Waals surface area contributed by atoms with Crippen molar-refractivity contribution in [1.29, 1.82) is 0 Å². The number of piperazine rings is 1. The van der Waals surface area contributed by atoms with Crippen LogP contribution in [-0.4, -0.2) is 66.5 Å². The lowest BCUT2D eigenvalue weighted by Crippen LogP contribution is -2.48. The summed E-state index contributed by atoms with van der Waals surface area (Å²) < 4.78 is 0. The number of aromatic nitrogens is 1. The van der Waals surface area contributed by atoms with Gasteiger partial charge in [0, 0.05) is 50.2 Å². The van der Waals surface area contributed by atoms with Gasteiger partial charge in [0.15, 0.2) is 0 Å². The third kappa shape index (κ3) is 5.61. The van der Waals surface area contributed by atoms with Crippen LogP contribution in [0.5, 0.6) is 0 Å². The maximum absolute atomic E-state index is 12.4. The molecule has 1 amide bonds. The molecule has 6 heteroatoms. The van der Waals surface area contributed by atoms with Gasteiger partial charge < -0.3 is 15.1 Å². The van der Waals surface area contributed by atoms with Gasteiger partial charge in [-0.05, 0) is 19.4 Å². The third-order valence-electron chi connectivity index (χ3n) is 5.13. The fourth-order valence-corrected chi connectivity index (χ4v) is 4.16. The Morgan fingerprint density at radius 3 is 2.52 bits per heavy atom. The van der Waals surface area contributed by atoms with Crippen molar-refractivity contribution in [2.45, 2.75) is 20.8 Å². The van der Waals surface area contributed by atoms with Crippen molar-refractivity contribution >= 4 is 17.2 Å². The molecule has 146 valence electrons. The number of likely N-dealkylation sites (N-methyl/N-ethyl adjacent to an activating group) is 1. The zero-order chi connectivity index (χ0) is 19.2. The average molecular weight is 387 g/mol. The molecule has 0 spiro atoms. The Morgan fingerprint density at radius 2 is 1.85 bits per heavy atom. The molecule has 2 heterocycles. The Hall–Kier alpha value is -1.76. The first-order valence-electron chi connectivity index (χ1n) is 9.80. The average Bonchev–Trinajstić information content (AvgIpc) is 3.17. The molecule has 1 aromatic carbocycles. The van der Waals surface area contributed by atoms with Gasteiger partial charge in [0.1, 0.15) is 10.7 Å². The summed E-state index contributed by atoms with van der Waals surface area (Å²) >= 11 is 1.52. The molecule has 2 aromatic rings. The zero-order valence-electron chi connectivity index (χ0n) is 16.6. The number of nitrogens with one attached hydrogen (secondary N) is 1. The monoisotopic (exact) mass is 386 g/mol. The fraction of sp³-hybridized carbons (Fsp3) is 0.524. The summed E-state index contributed by atoms with van der Waals surface area (Å²) in [4.78, 5) is 21.9. The molecule has 0 saturated carbocycles. The molecule has 1 aliphatic rings. The highest BCUT2D eigenvalue weighted by Gasteiger charge is 2.18. The van der Waals surface area contributed by atoms with Gasteiger partial charge in [-0.25, -0.2) is 4.98 Å². The van der Waals surface area contributed by atoms with E-state index in [1.807, 2.05) is 5.38 Å². The lowest BCUT2D eigenvalue weighted by Gasteiger charge is -2.35. The normalized spacial score (nSPS) is 17.0. The summed E-state index contributed by atoms with van der Waals surface area (Å²) in [6.45, 7) is 13.9. The predicted octanol–water partition coefficient (Wildman–Crippen LogP) is 3.12. The Labute approximate surface area is 166 Å². The standard InChI is InChI=1S/C21H30N4OS/c1-4-24-9-11-25(12-10-24)14-17(3)13-22-20(26)19-15-27-21(23-19)18-7-5-16(2)6-8-18/h5-8,15,17H,4,9-14H2,1-3H3,(H,22,26). The molecule has 27 heavy (non-hydrogen) atoms. The predicted molar refractivity (Wildman–Crippen MR) is 112 cm³/mol. The van der Waals surface area contributed by atoms with Crippen molar-refractivity contribution < 1.29 is 4.79 Å². The number of hydrogen-bond acceptors (Lipinski definition) is 5. The molecule has 1 N–H and O–H groups in total. The number of hydrogen-bond donors (Lipinski definition) is 1. The number of thiazole rings is 1. The van der Waals surface area contributed by atoms with E-state index in [2.05, 4.69) is 65.1 Å². The molecule has 0 aliphatic carbocycles. The molecule has 5 nitrogen and oxygen atoms in total. The Kier molecular flexibility index (Phi) is 6.99. The fourth-order valence-electron chi connectivity index (χ4n) is 3.36. The summed E-state index contributed by atoms with van der Waals surface area (Å²) in [5, 5.41) is 5.79. The number of rotatable bonds is 7. The van der Waals surface area contributed by atoms with Gasteiger partial charge in [-0.3, -0.25) is 4.79 Å². The summed E-state index contributed by atoms with van der Waals surface area (Å²) in [5.74, 6) is 0.351. The van der Waals surface area contributed by atoms with Crippen LogP contribution in [0.25, 0.3) is 10.6 Å². The minimum Gasteiger partial charge on any atom is -0.350 e. The van der Waals surface area contributed by atoms with Gasteiger partial charge in [-0.2, -0.15) is 0 Å². The number of carbonyl (C=O) groups is 1. The molecule has 1 fully saturated rings. The van der Waals surface area contributed by atoms with E-state index in [0.29, 0.717) is 18.2 Å². The van der Waals surface area contributed by atoms with E-state index in [4.69, 9.17) is 0 Å². The van der Waals surface area contributed by atoms with E-state index in [1.54, 1.807) is 0 Å². The second-order valence-corrected chi connectivity index (χ2v) is 8.31. The molecule has 0 bridgehead atoms. The van der Waals surface area contributed by atoms with E-state index < -0.39 is 0 Å². The van der Waals surface area contributed by atoms with Gasteiger partial charge in [0.25, 0.3) is 5.91 Å². The van der Waals surface area contributed by atoms with Crippen molar-refractivity contribution in [3.8, 4) is 10.6 Å². The van der Waals surface area contributed by atoms with Crippen molar-refractivity contribution in [3.05, 3.63) is 40.9 Å². The van der Waals surface area contributed by atoms with Crippen LogP contribution in [-0.2, 0) is 0 Å². The quantitative estimate of drug-likeness (QED) is 0.794. The maximum atomic E-state index is 12.4. The highest BCUT2D eigenvalue weighted by atomic mass is 32.1. The molecule has 1 atom stereocenters. The number of nitrogens with zero attached hydrogens (tertiary/aromatic N) is 3. The SMILES string of the molecule is CCN1CCN(CC(C)CNC(=O)c2csc(-c3ccc(C)cc3)n2)CC1. The van der Waals surface area contributed by atoms with E-state index >= 15 is 0 Å². The number of benzene rings is 1. The van der Waals surface area contributed by atoms with E-state index in [1.165, 1.54) is 16.9 Å². The van der Waals surface area contributed by atoms with Crippen molar-refractivity contribution in [2.75, 3.05) is 45.8 Å². The number of amides is 1. The lowest BCUT2D eigenvalue weighted by atomic mass is 10.1. The van der Waals surface area contributed by atoms with Gasteiger partial charge >= 0.3 is 0 Å². The van der Waals surface area contributed by atoms with E-state index in [0.717, 1.165) is 49.8 Å². The molecule has 1 aliphatic heterocycles. The van der Waals surface area contributed by atoms with Gasteiger partial charge in [-0.1, -0.05) is 43.7 Å². The highest BCUT2D eigenvalue weighted by Crippen LogP contribution is 2.24. The van der Waals surface area contributed by atoms with Crippen molar-refractivity contribution in [3.63, 3.8) is 0 Å². The first-order valence-corrected chi connectivity index (χ1v) is 10.7. The van der Waals surface area contributed by atoms with Crippen LogP contribution in [0.15, 0.2) is 29.6 Å². The molecule has 3 rings (SSSR count). The first-order chi connectivity index (χ1) is 13.0. The summed E-state index contributed by atoms with van der Waals surface area (Å²) in [5.41, 5.74) is 2.79. The lowest BCUT2D eigenvalue weighted by molar-refractivity contribution is 0.0929. The minimum atomic E-state index is -0.0766. The van der Waals surface area contributed by atoms with Crippen molar-refractivity contribution in [1.82, 2.24) is 20.1 Å². The van der Waals surface area contributed by atoms with Gasteiger partial charge in [0.05, 0.1) is 0 Å². The molecular weight excluding hydrogens is 356 g/mol. The van der Waals surface area contributed by atoms with Crippen LogP contribution in [0.3, 0.4) is 0 Å². The number of aryl methyl sites for hydroxylation is 1. The van der Waals surface area contributed by atoms with E-state index in [9.17, 15) is 4.79 Å². The largest absolute Gasteiger partial charge is 0.350 e. The minimum absolute atomic E-state index is 0.0766. The van der Waals surface area contributed by atoms with E-state index in [-0.39, 0.29) is 5.91 Å². The van der Waals surface area contributed by atoms with Crippen LogP contribution in [0.4, 0.5) is 0 Å². The number of carbonyl (C=O) groups excluding carboxylic acids is 1. The molecular formula is C21H30N4OS. The van der Waals surface area contributed by atoms with Gasteiger partial charge in [0.2, 0.25) is 0 Å². The maximum Gasteiger partial charge on any atom is 0.270 e. The van der Waals surface area contributed by atoms with Crippen LogP contribution in [0.2, 0.25) is 0 Å². The molecule has 1 aromatic heterocycles. The van der Waals surface area contributed by atoms with Crippen LogP contribution >= 0.6 is 11.3 Å².